The van der Waals surface area contributed by atoms with Gasteiger partial charge < -0.3 is 5.32 Å². The van der Waals surface area contributed by atoms with Gasteiger partial charge in [0, 0.05) is 22.0 Å². The molecule has 0 amide bonds. The van der Waals surface area contributed by atoms with Crippen molar-refractivity contribution >= 4 is 33.9 Å². The SMILES string of the molecule is O=c1n(CCNc2ccccc2I)nc2ccccn12. The second kappa shape index (κ2) is 5.66. The number of para-hydroxylation sites is 1. The Morgan fingerprint density at radius 2 is 1.95 bits per heavy atom. The Hall–Kier alpha value is -1.83. The van der Waals surface area contributed by atoms with Gasteiger partial charge in [0.2, 0.25) is 0 Å². The van der Waals surface area contributed by atoms with Crippen LogP contribution in [0.5, 0.6) is 0 Å². The van der Waals surface area contributed by atoms with Crippen LogP contribution in [0.25, 0.3) is 5.65 Å². The molecular weight excluding hydrogens is 367 g/mol. The average molecular weight is 380 g/mol. The number of rotatable bonds is 4. The van der Waals surface area contributed by atoms with Gasteiger partial charge in [-0.3, -0.25) is 4.40 Å². The van der Waals surface area contributed by atoms with Crippen molar-refractivity contribution in [3.63, 3.8) is 0 Å². The van der Waals surface area contributed by atoms with Gasteiger partial charge in [-0.25, -0.2) is 9.48 Å². The van der Waals surface area contributed by atoms with Crippen LogP contribution in [-0.2, 0) is 6.54 Å². The van der Waals surface area contributed by atoms with Crippen LogP contribution in [0.3, 0.4) is 0 Å². The molecule has 0 fully saturated rings. The van der Waals surface area contributed by atoms with Gasteiger partial charge in [0.05, 0.1) is 6.54 Å². The second-order valence-electron chi connectivity index (χ2n) is 4.34. The van der Waals surface area contributed by atoms with Gasteiger partial charge in [-0.2, -0.15) is 0 Å². The molecule has 0 atom stereocenters. The van der Waals surface area contributed by atoms with Crippen molar-refractivity contribution in [1.82, 2.24) is 14.2 Å². The van der Waals surface area contributed by atoms with E-state index in [-0.39, 0.29) is 5.69 Å². The van der Waals surface area contributed by atoms with Gasteiger partial charge in [0.15, 0.2) is 5.65 Å². The van der Waals surface area contributed by atoms with Crippen molar-refractivity contribution in [2.75, 3.05) is 11.9 Å². The van der Waals surface area contributed by atoms with Gasteiger partial charge in [-0.15, -0.1) is 5.10 Å². The Bertz CT molecular complexity index is 793. The van der Waals surface area contributed by atoms with Crippen LogP contribution in [0.15, 0.2) is 53.5 Å². The van der Waals surface area contributed by atoms with E-state index < -0.39 is 0 Å². The number of aromatic nitrogens is 3. The Morgan fingerprint density at radius 1 is 1.15 bits per heavy atom. The minimum atomic E-state index is -0.106. The first-order valence-electron chi connectivity index (χ1n) is 6.28. The fourth-order valence-corrected chi connectivity index (χ4v) is 2.59. The summed E-state index contributed by atoms with van der Waals surface area (Å²) in [5, 5.41) is 7.61. The van der Waals surface area contributed by atoms with Crippen LogP contribution in [0.2, 0.25) is 0 Å². The summed E-state index contributed by atoms with van der Waals surface area (Å²) >= 11 is 2.28. The van der Waals surface area contributed by atoms with Gasteiger partial charge in [-0.1, -0.05) is 18.2 Å². The summed E-state index contributed by atoms with van der Waals surface area (Å²) < 4.78 is 4.19. The van der Waals surface area contributed by atoms with E-state index in [9.17, 15) is 4.79 Å². The first-order valence-corrected chi connectivity index (χ1v) is 7.36. The lowest BCUT2D eigenvalue weighted by atomic mass is 10.3. The van der Waals surface area contributed by atoms with Crippen LogP contribution < -0.4 is 11.0 Å². The van der Waals surface area contributed by atoms with Crippen LogP contribution >= 0.6 is 22.6 Å². The number of hydrogen-bond donors (Lipinski definition) is 1. The third-order valence-electron chi connectivity index (χ3n) is 3.00. The lowest BCUT2D eigenvalue weighted by Crippen LogP contribution is -2.24. The van der Waals surface area contributed by atoms with Crippen molar-refractivity contribution in [1.29, 1.82) is 0 Å². The zero-order valence-electron chi connectivity index (χ0n) is 10.7. The fraction of sp³-hybridized carbons (Fsp3) is 0.143. The molecule has 2 heterocycles. The lowest BCUT2D eigenvalue weighted by Gasteiger charge is -2.07. The number of nitrogens with one attached hydrogen (secondary N) is 1. The number of anilines is 1. The summed E-state index contributed by atoms with van der Waals surface area (Å²) in [7, 11) is 0. The Kier molecular flexibility index (Phi) is 3.72. The Labute approximate surface area is 129 Å². The second-order valence-corrected chi connectivity index (χ2v) is 5.50. The maximum atomic E-state index is 12.1. The summed E-state index contributed by atoms with van der Waals surface area (Å²) in [6, 6.07) is 13.6. The van der Waals surface area contributed by atoms with Gasteiger partial charge in [-0.05, 0) is 46.9 Å². The van der Waals surface area contributed by atoms with E-state index in [0.29, 0.717) is 18.7 Å². The monoisotopic (exact) mass is 380 g/mol. The van der Waals surface area contributed by atoms with E-state index >= 15 is 0 Å². The molecule has 1 aromatic carbocycles. The van der Waals surface area contributed by atoms with E-state index in [1.165, 1.54) is 4.68 Å². The predicted molar refractivity (Wildman–Crippen MR) is 87.1 cm³/mol. The maximum absolute atomic E-state index is 12.1. The minimum Gasteiger partial charge on any atom is -0.382 e. The third-order valence-corrected chi connectivity index (χ3v) is 3.94. The van der Waals surface area contributed by atoms with Crippen LogP contribution in [-0.4, -0.2) is 20.7 Å². The molecule has 0 bridgehead atoms. The molecule has 6 heteroatoms. The Morgan fingerprint density at radius 3 is 2.75 bits per heavy atom. The standard InChI is InChI=1S/C14H13IN4O/c15-11-5-1-2-6-12(11)16-8-10-19-14(20)18-9-4-3-7-13(18)17-19/h1-7,9,16H,8,10H2. The molecule has 20 heavy (non-hydrogen) atoms. The molecule has 0 radical (unpaired) electrons. The molecule has 1 N–H and O–H groups in total. The first kappa shape index (κ1) is 13.2. The predicted octanol–water partition coefficient (Wildman–Crippen LogP) is 2.21. The number of hydrogen-bond acceptors (Lipinski definition) is 3. The number of halogens is 1. The third kappa shape index (κ3) is 2.55. The molecule has 0 unspecified atom stereocenters. The minimum absolute atomic E-state index is 0.106. The lowest BCUT2D eigenvalue weighted by molar-refractivity contribution is 0.614. The quantitative estimate of drug-likeness (QED) is 0.707. The molecule has 0 aliphatic heterocycles. The number of fused-ring (bicyclic) bond motifs is 1. The molecule has 0 saturated carbocycles. The molecule has 0 spiro atoms. The average Bonchev–Trinajstić information content (AvgIpc) is 2.78. The summed E-state index contributed by atoms with van der Waals surface area (Å²) in [6.07, 6.45) is 1.73. The van der Waals surface area contributed by atoms with Crippen LogP contribution in [0.1, 0.15) is 0 Å². The summed E-state index contributed by atoms with van der Waals surface area (Å²) in [4.78, 5) is 12.1. The van der Waals surface area contributed by atoms with Crippen LogP contribution in [0, 0.1) is 3.57 Å². The van der Waals surface area contributed by atoms with E-state index in [2.05, 4.69) is 33.0 Å². The number of nitrogens with zero attached hydrogens (tertiary/aromatic N) is 3. The maximum Gasteiger partial charge on any atom is 0.350 e. The van der Waals surface area contributed by atoms with Crippen molar-refractivity contribution in [2.45, 2.75) is 6.54 Å². The van der Waals surface area contributed by atoms with Crippen molar-refractivity contribution < 1.29 is 0 Å². The summed E-state index contributed by atoms with van der Waals surface area (Å²) in [6.45, 7) is 1.19. The highest BCUT2D eigenvalue weighted by molar-refractivity contribution is 14.1. The van der Waals surface area contributed by atoms with Crippen molar-refractivity contribution in [3.05, 3.63) is 62.7 Å². The largest absolute Gasteiger partial charge is 0.382 e. The zero-order valence-corrected chi connectivity index (χ0v) is 12.8. The summed E-state index contributed by atoms with van der Waals surface area (Å²) in [5.41, 5.74) is 1.64. The van der Waals surface area contributed by atoms with Crippen molar-refractivity contribution in [2.24, 2.45) is 0 Å². The van der Waals surface area contributed by atoms with Crippen LogP contribution in [0.4, 0.5) is 5.69 Å². The van der Waals surface area contributed by atoms with Gasteiger partial charge in [0.25, 0.3) is 0 Å². The topological polar surface area (TPSA) is 51.3 Å². The molecule has 5 nitrogen and oxygen atoms in total. The highest BCUT2D eigenvalue weighted by Crippen LogP contribution is 2.16. The zero-order chi connectivity index (χ0) is 13.9. The van der Waals surface area contributed by atoms with Crippen molar-refractivity contribution in [3.8, 4) is 0 Å². The highest BCUT2D eigenvalue weighted by Gasteiger charge is 2.05. The molecule has 102 valence electrons. The van der Waals surface area contributed by atoms with E-state index in [0.717, 1.165) is 9.26 Å². The summed E-state index contributed by atoms with van der Waals surface area (Å²) in [5.74, 6) is 0. The van der Waals surface area contributed by atoms with Gasteiger partial charge in [0.1, 0.15) is 0 Å². The molecule has 0 aliphatic rings. The molecule has 0 aliphatic carbocycles. The van der Waals surface area contributed by atoms with E-state index in [1.807, 2.05) is 42.5 Å². The Balaban J connectivity index is 1.73. The van der Waals surface area contributed by atoms with Gasteiger partial charge >= 0.3 is 5.69 Å². The fourth-order valence-electron chi connectivity index (χ4n) is 2.01. The molecule has 2 aromatic heterocycles. The first-order chi connectivity index (χ1) is 9.75. The molecule has 0 saturated heterocycles. The molecule has 3 aromatic rings. The normalized spacial score (nSPS) is 10.8. The molecular formula is C14H13IN4O. The van der Waals surface area contributed by atoms with E-state index in [1.54, 1.807) is 10.6 Å². The van der Waals surface area contributed by atoms with E-state index in [4.69, 9.17) is 0 Å². The highest BCUT2D eigenvalue weighted by atomic mass is 127. The number of benzene rings is 1. The molecule has 3 rings (SSSR count). The smallest absolute Gasteiger partial charge is 0.350 e. The number of pyridine rings is 1.